The summed E-state index contributed by atoms with van der Waals surface area (Å²) in [7, 11) is 4.71. The van der Waals surface area contributed by atoms with Crippen molar-refractivity contribution < 1.29 is 24.1 Å². The van der Waals surface area contributed by atoms with Gasteiger partial charge in [-0.3, -0.25) is 4.79 Å². The Morgan fingerprint density at radius 2 is 1.96 bits per heavy atom. The molecule has 0 spiro atoms. The van der Waals surface area contributed by atoms with E-state index in [4.69, 9.17) is 14.2 Å². The lowest BCUT2D eigenvalue weighted by atomic mass is 9.78. The van der Waals surface area contributed by atoms with E-state index in [9.17, 15) is 9.90 Å². The molecule has 0 aliphatic carbocycles. The minimum atomic E-state index is -0.893. The molecule has 1 aromatic carbocycles. The number of benzene rings is 1. The average Bonchev–Trinajstić information content (AvgIpc) is 2.66. The summed E-state index contributed by atoms with van der Waals surface area (Å²) in [5.41, 5.74) is 0.0336. The summed E-state index contributed by atoms with van der Waals surface area (Å²) in [5.74, 6) is 1.09. The molecule has 0 aromatic heterocycles. The quantitative estimate of drug-likeness (QED) is 0.622. The second kappa shape index (κ2) is 10.6. The van der Waals surface area contributed by atoms with Gasteiger partial charge in [0.05, 0.1) is 32.3 Å². The Hall–Kier alpha value is -1.54. The van der Waals surface area contributed by atoms with Gasteiger partial charge in [-0.15, -0.1) is 12.4 Å². The summed E-state index contributed by atoms with van der Waals surface area (Å²) in [5, 5.41) is 16.6. The number of hydrogen-bond acceptors (Lipinski definition) is 6. The largest absolute Gasteiger partial charge is 0.497 e. The summed E-state index contributed by atoms with van der Waals surface area (Å²) >= 11 is 0. The van der Waals surface area contributed by atoms with Crippen molar-refractivity contribution in [3.05, 3.63) is 23.8 Å². The van der Waals surface area contributed by atoms with Crippen LogP contribution in [0.5, 0.6) is 11.5 Å². The van der Waals surface area contributed by atoms with Crippen LogP contribution < -0.4 is 20.1 Å². The van der Waals surface area contributed by atoms with Gasteiger partial charge >= 0.3 is 0 Å². The molecule has 1 aliphatic heterocycles. The van der Waals surface area contributed by atoms with E-state index in [-0.39, 0.29) is 24.9 Å². The second-order valence-corrected chi connectivity index (χ2v) is 6.30. The molecule has 2 rings (SSSR count). The highest BCUT2D eigenvalue weighted by Crippen LogP contribution is 2.31. The minimum Gasteiger partial charge on any atom is -0.497 e. The summed E-state index contributed by atoms with van der Waals surface area (Å²) in [6.45, 7) is 2.03. The zero-order valence-corrected chi connectivity index (χ0v) is 16.4. The highest BCUT2D eigenvalue weighted by molar-refractivity contribution is 5.85. The van der Waals surface area contributed by atoms with Crippen LogP contribution in [0.25, 0.3) is 0 Å². The van der Waals surface area contributed by atoms with Crippen LogP contribution in [0.4, 0.5) is 0 Å². The maximum Gasteiger partial charge on any atom is 0.228 e. The molecule has 8 heteroatoms. The van der Waals surface area contributed by atoms with Gasteiger partial charge in [-0.05, 0) is 44.1 Å². The maximum atomic E-state index is 12.7. The number of aliphatic hydroxyl groups excluding tert-OH is 1. The predicted octanol–water partition coefficient (Wildman–Crippen LogP) is 1.29. The van der Waals surface area contributed by atoms with Crippen LogP contribution in [0.2, 0.25) is 0 Å². The number of carbonyl (C=O) groups excluding carboxylic acids is 1. The first kappa shape index (κ1) is 22.5. The molecule has 1 heterocycles. The summed E-state index contributed by atoms with van der Waals surface area (Å²) in [4.78, 5) is 12.7. The first-order chi connectivity index (χ1) is 12.1. The molecular weight excluding hydrogens is 360 g/mol. The number of carbonyl (C=O) groups is 1. The lowest BCUT2D eigenvalue weighted by Gasteiger charge is -2.35. The zero-order valence-electron chi connectivity index (χ0n) is 15.5. The van der Waals surface area contributed by atoms with E-state index in [1.54, 1.807) is 39.5 Å². The number of nitrogens with one attached hydrogen (secondary N) is 2. The molecular formula is C18H29ClN2O5. The molecule has 1 unspecified atom stereocenters. The molecule has 1 atom stereocenters. The normalized spacial score (nSPS) is 16.9. The Balaban J connectivity index is 0.00000338. The molecule has 7 nitrogen and oxygen atoms in total. The topological polar surface area (TPSA) is 89.1 Å². The van der Waals surface area contributed by atoms with Gasteiger partial charge in [0.25, 0.3) is 0 Å². The molecule has 1 aromatic rings. The van der Waals surface area contributed by atoms with Gasteiger partial charge in [-0.1, -0.05) is 0 Å². The van der Waals surface area contributed by atoms with Crippen molar-refractivity contribution in [1.29, 1.82) is 0 Å². The maximum absolute atomic E-state index is 12.7. The van der Waals surface area contributed by atoms with Crippen molar-refractivity contribution in [3.63, 3.8) is 0 Å². The van der Waals surface area contributed by atoms with Crippen LogP contribution in [0, 0.1) is 5.41 Å². The number of methoxy groups -OCH3 is 3. The van der Waals surface area contributed by atoms with Crippen LogP contribution in [0.1, 0.15) is 24.5 Å². The number of aliphatic hydroxyl groups is 1. The van der Waals surface area contributed by atoms with Crippen LogP contribution in [0.3, 0.4) is 0 Å². The van der Waals surface area contributed by atoms with E-state index in [0.717, 1.165) is 13.1 Å². The van der Waals surface area contributed by atoms with Crippen molar-refractivity contribution in [2.45, 2.75) is 18.9 Å². The molecule has 1 saturated heterocycles. The van der Waals surface area contributed by atoms with Crippen molar-refractivity contribution in [2.75, 3.05) is 47.6 Å². The monoisotopic (exact) mass is 388 g/mol. The second-order valence-electron chi connectivity index (χ2n) is 6.30. The molecule has 26 heavy (non-hydrogen) atoms. The van der Waals surface area contributed by atoms with Gasteiger partial charge in [0.1, 0.15) is 11.5 Å². The lowest BCUT2D eigenvalue weighted by Crippen LogP contribution is -2.50. The van der Waals surface area contributed by atoms with Gasteiger partial charge in [-0.2, -0.15) is 0 Å². The lowest BCUT2D eigenvalue weighted by molar-refractivity contribution is -0.136. The summed E-state index contributed by atoms with van der Waals surface area (Å²) in [6.07, 6.45) is 0.534. The number of ether oxygens (including phenoxy) is 3. The molecule has 0 saturated carbocycles. The first-order valence-electron chi connectivity index (χ1n) is 8.44. The Morgan fingerprint density at radius 3 is 2.54 bits per heavy atom. The van der Waals surface area contributed by atoms with Gasteiger partial charge in [-0.25, -0.2) is 0 Å². The van der Waals surface area contributed by atoms with Gasteiger partial charge in [0, 0.05) is 19.2 Å². The van der Waals surface area contributed by atoms with Crippen LogP contribution >= 0.6 is 12.4 Å². The van der Waals surface area contributed by atoms with E-state index in [1.807, 2.05) is 0 Å². The van der Waals surface area contributed by atoms with Crippen molar-refractivity contribution in [2.24, 2.45) is 5.41 Å². The van der Waals surface area contributed by atoms with E-state index in [1.165, 1.54) is 0 Å². The smallest absolute Gasteiger partial charge is 0.228 e. The molecule has 148 valence electrons. The summed E-state index contributed by atoms with van der Waals surface area (Å²) < 4.78 is 15.8. The number of hydrogen-bond donors (Lipinski definition) is 3. The fraction of sp³-hybridized carbons (Fsp3) is 0.611. The molecule has 1 amide bonds. The molecule has 3 N–H and O–H groups in total. The van der Waals surface area contributed by atoms with Gasteiger partial charge < -0.3 is 30.0 Å². The number of halogens is 1. The molecule has 1 aliphatic rings. The molecule has 0 radical (unpaired) electrons. The fourth-order valence-electron chi connectivity index (χ4n) is 3.21. The number of rotatable bonds is 8. The third-order valence-corrected chi connectivity index (χ3v) is 4.71. The van der Waals surface area contributed by atoms with Crippen LogP contribution in [-0.4, -0.2) is 58.6 Å². The van der Waals surface area contributed by atoms with Gasteiger partial charge in [0.2, 0.25) is 5.91 Å². The Morgan fingerprint density at radius 1 is 1.27 bits per heavy atom. The highest BCUT2D eigenvalue weighted by atomic mass is 35.5. The fourth-order valence-corrected chi connectivity index (χ4v) is 3.21. The van der Waals surface area contributed by atoms with E-state index in [2.05, 4.69) is 10.6 Å². The predicted molar refractivity (Wildman–Crippen MR) is 101 cm³/mol. The van der Waals surface area contributed by atoms with Crippen LogP contribution in [0.15, 0.2) is 18.2 Å². The average molecular weight is 389 g/mol. The van der Waals surface area contributed by atoms with Crippen molar-refractivity contribution >= 4 is 18.3 Å². The SMILES string of the molecule is COCC1(C(=O)NCC(O)c2cc(OC)ccc2OC)CCNCC1.Cl. The van der Waals surface area contributed by atoms with Crippen molar-refractivity contribution in [1.82, 2.24) is 10.6 Å². The number of amides is 1. The zero-order chi connectivity index (χ0) is 18.3. The highest BCUT2D eigenvalue weighted by Gasteiger charge is 2.39. The minimum absolute atomic E-state index is 0. The third-order valence-electron chi connectivity index (χ3n) is 4.71. The standard InChI is InChI=1S/C18H28N2O5.ClH/c1-23-12-18(6-8-19-9-7-18)17(22)20-11-15(21)14-10-13(24-2)4-5-16(14)25-3;/h4-5,10,15,19,21H,6-9,11-12H2,1-3H3,(H,20,22);1H. The van der Waals surface area contributed by atoms with E-state index >= 15 is 0 Å². The Labute approximate surface area is 160 Å². The number of piperidine rings is 1. The first-order valence-corrected chi connectivity index (χ1v) is 8.44. The van der Waals surface area contributed by atoms with Crippen molar-refractivity contribution in [3.8, 4) is 11.5 Å². The Bertz CT molecular complexity index is 573. The summed E-state index contributed by atoms with van der Waals surface area (Å²) in [6, 6.07) is 5.21. The Kier molecular flexibility index (Phi) is 9.15. The third kappa shape index (κ3) is 5.23. The van der Waals surface area contributed by atoms with E-state index < -0.39 is 11.5 Å². The van der Waals surface area contributed by atoms with Crippen LogP contribution in [-0.2, 0) is 9.53 Å². The molecule has 1 fully saturated rings. The van der Waals surface area contributed by atoms with E-state index in [0.29, 0.717) is 36.5 Å². The van der Waals surface area contributed by atoms with Gasteiger partial charge in [0.15, 0.2) is 0 Å². The molecule has 0 bridgehead atoms.